The Labute approximate surface area is 124 Å². The van der Waals surface area contributed by atoms with Gasteiger partial charge in [-0.05, 0) is 16.7 Å². The maximum absolute atomic E-state index is 11.2. The van der Waals surface area contributed by atoms with Gasteiger partial charge in [-0.2, -0.15) is 0 Å². The van der Waals surface area contributed by atoms with Crippen LogP contribution in [-0.2, 0) is 9.53 Å². The molecule has 0 bridgehead atoms. The molecule has 0 aliphatic rings. The lowest BCUT2D eigenvalue weighted by atomic mass is 9.97. The van der Waals surface area contributed by atoms with E-state index in [-0.39, 0.29) is 6.42 Å². The van der Waals surface area contributed by atoms with Gasteiger partial charge in [0.1, 0.15) is 0 Å². The zero-order chi connectivity index (χ0) is 15.2. The van der Waals surface area contributed by atoms with Crippen molar-refractivity contribution in [3.63, 3.8) is 0 Å². The zero-order valence-corrected chi connectivity index (χ0v) is 11.9. The van der Waals surface area contributed by atoms with Gasteiger partial charge in [0, 0.05) is 6.04 Å². The average Bonchev–Trinajstić information content (AvgIpc) is 2.55. The van der Waals surface area contributed by atoms with Crippen LogP contribution in [-0.4, -0.2) is 24.2 Å². The monoisotopic (exact) mass is 285 g/mol. The van der Waals surface area contributed by atoms with E-state index in [1.165, 1.54) is 7.11 Å². The summed E-state index contributed by atoms with van der Waals surface area (Å²) >= 11 is 0. The molecule has 0 aliphatic heterocycles. The Bertz CT molecular complexity index is 581. The molecule has 3 N–H and O–H groups in total. The van der Waals surface area contributed by atoms with Crippen LogP contribution in [0.15, 0.2) is 54.6 Å². The van der Waals surface area contributed by atoms with Crippen molar-refractivity contribution in [2.24, 2.45) is 5.73 Å². The molecule has 2 unspecified atom stereocenters. The Morgan fingerprint density at radius 3 is 2.24 bits per heavy atom. The molecule has 2 rings (SSSR count). The lowest BCUT2D eigenvalue weighted by Gasteiger charge is -2.18. The lowest BCUT2D eigenvalue weighted by molar-refractivity contribution is -0.141. The predicted octanol–water partition coefficient (Wildman–Crippen LogP) is 2.28. The molecule has 0 aliphatic carbocycles. The number of aliphatic hydroxyl groups is 1. The fourth-order valence-corrected chi connectivity index (χ4v) is 2.14. The zero-order valence-electron chi connectivity index (χ0n) is 11.9. The molecule has 2 atom stereocenters. The number of hydrogen-bond donors (Lipinski definition) is 2. The van der Waals surface area contributed by atoms with Crippen LogP contribution in [0.3, 0.4) is 0 Å². The summed E-state index contributed by atoms with van der Waals surface area (Å²) in [6, 6.07) is 16.8. The van der Waals surface area contributed by atoms with Crippen LogP contribution in [0.2, 0.25) is 0 Å². The van der Waals surface area contributed by atoms with E-state index in [0.29, 0.717) is 5.56 Å². The SMILES string of the molecule is COC(=O)CC(N)C(O)c1ccc(-c2ccccc2)cc1. The van der Waals surface area contributed by atoms with E-state index >= 15 is 0 Å². The summed E-state index contributed by atoms with van der Waals surface area (Å²) in [4.78, 5) is 11.2. The number of nitrogens with two attached hydrogens (primary N) is 1. The largest absolute Gasteiger partial charge is 0.469 e. The molecule has 0 amide bonds. The highest BCUT2D eigenvalue weighted by atomic mass is 16.5. The highest BCUT2D eigenvalue weighted by Crippen LogP contribution is 2.23. The third-order valence-corrected chi connectivity index (χ3v) is 3.39. The maximum atomic E-state index is 11.2. The first-order chi connectivity index (χ1) is 10.1. The van der Waals surface area contributed by atoms with Crippen molar-refractivity contribution >= 4 is 5.97 Å². The lowest BCUT2D eigenvalue weighted by Crippen LogP contribution is -2.31. The summed E-state index contributed by atoms with van der Waals surface area (Å²) < 4.78 is 4.55. The Morgan fingerprint density at radius 2 is 1.67 bits per heavy atom. The molecule has 110 valence electrons. The van der Waals surface area contributed by atoms with E-state index in [9.17, 15) is 9.90 Å². The van der Waals surface area contributed by atoms with Gasteiger partial charge in [0.25, 0.3) is 0 Å². The van der Waals surface area contributed by atoms with Gasteiger partial charge < -0.3 is 15.6 Å². The van der Waals surface area contributed by atoms with Crippen LogP contribution in [0, 0.1) is 0 Å². The van der Waals surface area contributed by atoms with Crippen LogP contribution in [0.1, 0.15) is 18.1 Å². The number of esters is 1. The third kappa shape index (κ3) is 3.90. The normalized spacial score (nSPS) is 13.5. The molecular weight excluding hydrogens is 266 g/mol. The molecule has 0 heterocycles. The fraction of sp³-hybridized carbons (Fsp3) is 0.235. The Kier molecular flexibility index (Phi) is 5.09. The van der Waals surface area contributed by atoms with Gasteiger partial charge in [-0.25, -0.2) is 0 Å². The van der Waals surface area contributed by atoms with Crippen LogP contribution in [0.5, 0.6) is 0 Å². The molecule has 0 saturated heterocycles. The molecule has 21 heavy (non-hydrogen) atoms. The summed E-state index contributed by atoms with van der Waals surface area (Å²) in [5.74, 6) is -0.428. The van der Waals surface area contributed by atoms with Gasteiger partial charge in [0.05, 0.1) is 19.6 Å². The first-order valence-electron chi connectivity index (χ1n) is 6.77. The van der Waals surface area contributed by atoms with E-state index in [1.54, 1.807) is 0 Å². The summed E-state index contributed by atoms with van der Waals surface area (Å²) in [6.45, 7) is 0. The van der Waals surface area contributed by atoms with Gasteiger partial charge in [-0.15, -0.1) is 0 Å². The van der Waals surface area contributed by atoms with E-state index in [4.69, 9.17) is 5.73 Å². The number of rotatable bonds is 5. The Morgan fingerprint density at radius 1 is 1.10 bits per heavy atom. The van der Waals surface area contributed by atoms with Crippen LogP contribution < -0.4 is 5.73 Å². The highest BCUT2D eigenvalue weighted by molar-refractivity contribution is 5.70. The summed E-state index contributed by atoms with van der Waals surface area (Å²) in [5.41, 5.74) is 8.68. The van der Waals surface area contributed by atoms with Gasteiger partial charge >= 0.3 is 5.97 Å². The molecule has 4 heteroatoms. The minimum absolute atomic E-state index is 0.0158. The van der Waals surface area contributed by atoms with Gasteiger partial charge in [0.15, 0.2) is 0 Å². The molecular formula is C17H19NO3. The third-order valence-electron chi connectivity index (χ3n) is 3.39. The van der Waals surface area contributed by atoms with E-state index < -0.39 is 18.1 Å². The number of methoxy groups -OCH3 is 1. The first-order valence-corrected chi connectivity index (χ1v) is 6.77. The van der Waals surface area contributed by atoms with Crippen molar-refractivity contribution < 1.29 is 14.6 Å². The second-order valence-electron chi connectivity index (χ2n) is 4.88. The molecule has 0 fully saturated rings. The minimum Gasteiger partial charge on any atom is -0.469 e. The maximum Gasteiger partial charge on any atom is 0.307 e. The summed E-state index contributed by atoms with van der Waals surface area (Å²) in [5, 5.41) is 10.2. The molecule has 0 aromatic heterocycles. The molecule has 4 nitrogen and oxygen atoms in total. The van der Waals surface area contributed by atoms with Gasteiger partial charge in [-0.1, -0.05) is 54.6 Å². The molecule has 0 saturated carbocycles. The smallest absolute Gasteiger partial charge is 0.307 e. The molecule has 0 radical (unpaired) electrons. The number of aliphatic hydroxyl groups excluding tert-OH is 1. The second-order valence-corrected chi connectivity index (χ2v) is 4.88. The van der Waals surface area contributed by atoms with Gasteiger partial charge in [0.2, 0.25) is 0 Å². The quantitative estimate of drug-likeness (QED) is 0.827. The fourth-order valence-electron chi connectivity index (χ4n) is 2.14. The Balaban J connectivity index is 2.10. The van der Waals surface area contributed by atoms with E-state index in [2.05, 4.69) is 4.74 Å². The molecule has 0 spiro atoms. The van der Waals surface area contributed by atoms with Crippen molar-refractivity contribution in [1.29, 1.82) is 0 Å². The number of ether oxygens (including phenoxy) is 1. The minimum atomic E-state index is -0.895. The standard InChI is InChI=1S/C17H19NO3/c1-21-16(19)11-15(18)17(20)14-9-7-13(8-10-14)12-5-3-2-4-6-12/h2-10,15,17,20H,11,18H2,1H3. The van der Waals surface area contributed by atoms with E-state index in [1.807, 2.05) is 54.6 Å². The first kappa shape index (κ1) is 15.2. The van der Waals surface area contributed by atoms with Crippen molar-refractivity contribution in [3.8, 4) is 11.1 Å². The predicted molar refractivity (Wildman–Crippen MR) is 81.4 cm³/mol. The highest BCUT2D eigenvalue weighted by Gasteiger charge is 2.20. The second kappa shape index (κ2) is 7.02. The Hall–Kier alpha value is -2.17. The summed E-state index contributed by atoms with van der Waals surface area (Å²) in [6.07, 6.45) is -0.910. The number of hydrogen-bond acceptors (Lipinski definition) is 4. The van der Waals surface area contributed by atoms with Crippen LogP contribution >= 0.6 is 0 Å². The number of carbonyl (C=O) groups excluding carboxylic acids is 1. The molecule has 2 aromatic rings. The van der Waals surface area contributed by atoms with Crippen LogP contribution in [0.4, 0.5) is 0 Å². The van der Waals surface area contributed by atoms with E-state index in [0.717, 1.165) is 11.1 Å². The van der Waals surface area contributed by atoms with Gasteiger partial charge in [-0.3, -0.25) is 4.79 Å². The van der Waals surface area contributed by atoms with Crippen molar-refractivity contribution in [1.82, 2.24) is 0 Å². The van der Waals surface area contributed by atoms with Crippen molar-refractivity contribution in [2.75, 3.05) is 7.11 Å². The van der Waals surface area contributed by atoms with Crippen molar-refractivity contribution in [2.45, 2.75) is 18.6 Å². The van der Waals surface area contributed by atoms with Crippen molar-refractivity contribution in [3.05, 3.63) is 60.2 Å². The van der Waals surface area contributed by atoms with Crippen LogP contribution in [0.25, 0.3) is 11.1 Å². The number of benzene rings is 2. The topological polar surface area (TPSA) is 72.5 Å². The number of carbonyl (C=O) groups is 1. The molecule has 2 aromatic carbocycles. The average molecular weight is 285 g/mol. The summed E-state index contributed by atoms with van der Waals surface area (Å²) in [7, 11) is 1.30.